The molecule has 1 aliphatic carbocycles. The molecule has 1 aliphatic rings. The summed E-state index contributed by atoms with van der Waals surface area (Å²) in [6, 6.07) is 1.21. The fraction of sp³-hybridized carbons (Fsp3) is 0.800. The van der Waals surface area contributed by atoms with E-state index in [-0.39, 0.29) is 0 Å². The van der Waals surface area contributed by atoms with Gasteiger partial charge in [-0.3, -0.25) is 0 Å². The molecule has 3 nitrogen and oxygen atoms in total. The number of rotatable bonds is 7. The summed E-state index contributed by atoms with van der Waals surface area (Å²) in [5.41, 5.74) is 0. The van der Waals surface area contributed by atoms with Crippen LogP contribution in [0.2, 0.25) is 0 Å². The van der Waals surface area contributed by atoms with Gasteiger partial charge in [-0.25, -0.2) is 4.98 Å². The van der Waals surface area contributed by atoms with E-state index < -0.39 is 0 Å². The van der Waals surface area contributed by atoms with Crippen molar-refractivity contribution in [1.29, 1.82) is 0 Å². The first-order chi connectivity index (χ1) is 8.81. The van der Waals surface area contributed by atoms with E-state index in [9.17, 15) is 0 Å². The molecule has 0 amide bonds. The summed E-state index contributed by atoms with van der Waals surface area (Å²) in [5.74, 6) is 1.07. The van der Waals surface area contributed by atoms with Crippen molar-refractivity contribution in [2.45, 2.75) is 77.3 Å². The maximum Gasteiger partial charge on any atom is 0.203 e. The molecule has 0 saturated heterocycles. The third kappa shape index (κ3) is 3.50. The summed E-state index contributed by atoms with van der Waals surface area (Å²) in [6.45, 7) is 4.52. The Labute approximate surface area is 111 Å². The van der Waals surface area contributed by atoms with Crippen LogP contribution in [-0.4, -0.2) is 15.6 Å². The van der Waals surface area contributed by atoms with Gasteiger partial charge in [0, 0.05) is 24.5 Å². The first-order valence-corrected chi connectivity index (χ1v) is 7.60. The second-order valence-corrected chi connectivity index (χ2v) is 5.64. The standard InChI is InChI=1S/C15H27N3/c1-3-4-5-8-13(2)17-15-16-11-12-18(15)14-9-6-7-10-14/h11-14H,3-10H2,1-2H3,(H,16,17). The number of hydrogen-bond donors (Lipinski definition) is 1. The second kappa shape index (κ2) is 6.81. The van der Waals surface area contributed by atoms with Gasteiger partial charge in [-0.1, -0.05) is 39.0 Å². The summed E-state index contributed by atoms with van der Waals surface area (Å²) in [5, 5.41) is 3.58. The van der Waals surface area contributed by atoms with E-state index in [0.717, 1.165) is 5.95 Å². The lowest BCUT2D eigenvalue weighted by Crippen LogP contribution is -2.19. The highest BCUT2D eigenvalue weighted by atomic mass is 15.2. The van der Waals surface area contributed by atoms with Crippen LogP contribution in [0.25, 0.3) is 0 Å². The van der Waals surface area contributed by atoms with Crippen LogP contribution >= 0.6 is 0 Å². The highest BCUT2D eigenvalue weighted by Crippen LogP contribution is 2.31. The van der Waals surface area contributed by atoms with E-state index in [2.05, 4.69) is 34.9 Å². The molecule has 0 spiro atoms. The molecule has 1 aromatic rings. The van der Waals surface area contributed by atoms with E-state index in [1.54, 1.807) is 0 Å². The number of anilines is 1. The molecule has 0 radical (unpaired) electrons. The quantitative estimate of drug-likeness (QED) is 0.727. The third-order valence-corrected chi connectivity index (χ3v) is 4.00. The van der Waals surface area contributed by atoms with E-state index >= 15 is 0 Å². The molecule has 0 aliphatic heterocycles. The summed E-state index contributed by atoms with van der Waals surface area (Å²) < 4.78 is 2.35. The summed E-state index contributed by atoms with van der Waals surface area (Å²) in [7, 11) is 0. The van der Waals surface area contributed by atoms with Gasteiger partial charge in [-0.05, 0) is 26.2 Å². The molecule has 1 atom stereocenters. The van der Waals surface area contributed by atoms with Crippen molar-refractivity contribution in [3.8, 4) is 0 Å². The predicted molar refractivity (Wildman–Crippen MR) is 77.0 cm³/mol. The molecule has 0 aromatic carbocycles. The predicted octanol–water partition coefficient (Wildman–Crippen LogP) is 4.38. The Balaban J connectivity index is 1.86. The van der Waals surface area contributed by atoms with Crippen molar-refractivity contribution in [1.82, 2.24) is 9.55 Å². The third-order valence-electron chi connectivity index (χ3n) is 4.00. The lowest BCUT2D eigenvalue weighted by molar-refractivity contribution is 0.517. The van der Waals surface area contributed by atoms with E-state index in [1.807, 2.05) is 6.20 Å². The monoisotopic (exact) mass is 249 g/mol. The number of hydrogen-bond acceptors (Lipinski definition) is 2. The molecule has 1 unspecified atom stereocenters. The number of imidazole rings is 1. The average Bonchev–Trinajstić information content (AvgIpc) is 2.99. The second-order valence-electron chi connectivity index (χ2n) is 5.64. The summed E-state index contributed by atoms with van der Waals surface area (Å²) in [4.78, 5) is 4.48. The SMILES string of the molecule is CCCCCC(C)Nc1nccn1C1CCCC1. The molecule has 1 fully saturated rings. The number of nitrogens with zero attached hydrogens (tertiary/aromatic N) is 2. The molecular formula is C15H27N3. The maximum atomic E-state index is 4.48. The normalized spacial score (nSPS) is 18.1. The first-order valence-electron chi connectivity index (χ1n) is 7.60. The molecule has 1 heterocycles. The van der Waals surface area contributed by atoms with Crippen LogP contribution < -0.4 is 5.32 Å². The van der Waals surface area contributed by atoms with Crippen molar-refractivity contribution in [3.63, 3.8) is 0 Å². The Kier molecular flexibility index (Phi) is 5.09. The van der Waals surface area contributed by atoms with Crippen LogP contribution in [0.5, 0.6) is 0 Å². The van der Waals surface area contributed by atoms with E-state index in [0.29, 0.717) is 12.1 Å². The van der Waals surface area contributed by atoms with Gasteiger partial charge in [-0.15, -0.1) is 0 Å². The minimum Gasteiger partial charge on any atom is -0.353 e. The minimum absolute atomic E-state index is 0.527. The molecule has 1 N–H and O–H groups in total. The van der Waals surface area contributed by atoms with Gasteiger partial charge in [-0.2, -0.15) is 0 Å². The van der Waals surface area contributed by atoms with Crippen molar-refractivity contribution in [3.05, 3.63) is 12.4 Å². The van der Waals surface area contributed by atoms with Gasteiger partial charge in [0.1, 0.15) is 0 Å². The molecule has 3 heteroatoms. The molecular weight excluding hydrogens is 222 g/mol. The Morgan fingerprint density at radius 2 is 2.17 bits per heavy atom. The van der Waals surface area contributed by atoms with Gasteiger partial charge in [0.15, 0.2) is 0 Å². The largest absolute Gasteiger partial charge is 0.353 e. The Hall–Kier alpha value is -0.990. The lowest BCUT2D eigenvalue weighted by atomic mass is 10.1. The van der Waals surface area contributed by atoms with E-state index in [4.69, 9.17) is 0 Å². The van der Waals surface area contributed by atoms with Gasteiger partial charge in [0.25, 0.3) is 0 Å². The fourth-order valence-corrected chi connectivity index (χ4v) is 2.89. The lowest BCUT2D eigenvalue weighted by Gasteiger charge is -2.19. The number of unbranched alkanes of at least 4 members (excludes halogenated alkanes) is 2. The van der Waals surface area contributed by atoms with Crippen LogP contribution in [0.4, 0.5) is 5.95 Å². The van der Waals surface area contributed by atoms with E-state index in [1.165, 1.54) is 51.4 Å². The fourth-order valence-electron chi connectivity index (χ4n) is 2.89. The molecule has 1 aromatic heterocycles. The molecule has 102 valence electrons. The van der Waals surface area contributed by atoms with Crippen molar-refractivity contribution < 1.29 is 0 Å². The minimum atomic E-state index is 0.527. The molecule has 18 heavy (non-hydrogen) atoms. The Morgan fingerprint density at radius 1 is 1.39 bits per heavy atom. The van der Waals surface area contributed by atoms with Crippen molar-refractivity contribution >= 4 is 5.95 Å². The zero-order chi connectivity index (χ0) is 12.8. The van der Waals surface area contributed by atoms with Gasteiger partial charge in [0.2, 0.25) is 5.95 Å². The van der Waals surface area contributed by atoms with Crippen LogP contribution in [0.15, 0.2) is 12.4 Å². The molecule has 1 saturated carbocycles. The first kappa shape index (κ1) is 13.4. The van der Waals surface area contributed by atoms with Gasteiger partial charge < -0.3 is 9.88 Å². The van der Waals surface area contributed by atoms with Crippen LogP contribution in [0.3, 0.4) is 0 Å². The van der Waals surface area contributed by atoms with Gasteiger partial charge in [0.05, 0.1) is 0 Å². The zero-order valence-electron chi connectivity index (χ0n) is 11.9. The molecule has 2 rings (SSSR count). The van der Waals surface area contributed by atoms with Crippen LogP contribution in [0, 0.1) is 0 Å². The van der Waals surface area contributed by atoms with Crippen LogP contribution in [0.1, 0.15) is 71.3 Å². The highest BCUT2D eigenvalue weighted by molar-refractivity contribution is 5.28. The zero-order valence-corrected chi connectivity index (χ0v) is 11.9. The number of aromatic nitrogens is 2. The Morgan fingerprint density at radius 3 is 2.89 bits per heavy atom. The van der Waals surface area contributed by atoms with Crippen molar-refractivity contribution in [2.24, 2.45) is 0 Å². The smallest absolute Gasteiger partial charge is 0.203 e. The summed E-state index contributed by atoms with van der Waals surface area (Å²) in [6.07, 6.45) is 14.6. The maximum absolute atomic E-state index is 4.48. The average molecular weight is 249 g/mol. The molecule has 0 bridgehead atoms. The van der Waals surface area contributed by atoms with Crippen molar-refractivity contribution in [2.75, 3.05) is 5.32 Å². The topological polar surface area (TPSA) is 29.9 Å². The van der Waals surface area contributed by atoms with Crippen LogP contribution in [-0.2, 0) is 0 Å². The Bertz CT molecular complexity index is 339. The number of nitrogens with one attached hydrogen (secondary N) is 1. The van der Waals surface area contributed by atoms with Gasteiger partial charge >= 0.3 is 0 Å². The summed E-state index contributed by atoms with van der Waals surface area (Å²) >= 11 is 0. The highest BCUT2D eigenvalue weighted by Gasteiger charge is 2.19.